The predicted molar refractivity (Wildman–Crippen MR) is 144 cm³/mol. The summed E-state index contributed by atoms with van der Waals surface area (Å²) in [5.74, 6) is 0. The highest BCUT2D eigenvalue weighted by Gasteiger charge is 2.05. The topological polar surface area (TPSA) is 0 Å². The van der Waals surface area contributed by atoms with Gasteiger partial charge in [-0.25, -0.2) is 0 Å². The van der Waals surface area contributed by atoms with Crippen LogP contribution in [0.1, 0.15) is 58.2 Å². The third-order valence-electron chi connectivity index (χ3n) is 4.12. The lowest BCUT2D eigenvalue weighted by molar-refractivity contribution is 1.30. The monoisotopic (exact) mass is 432 g/mol. The molecule has 3 atom stereocenters. The number of fused-ring (bicyclic) bond motifs is 1. The quantitative estimate of drug-likeness (QED) is 0.362. The van der Waals surface area contributed by atoms with E-state index in [0.29, 0.717) is 0 Å². The fourth-order valence-electron chi connectivity index (χ4n) is 2.78. The average molecular weight is 433 g/mol. The van der Waals surface area contributed by atoms with Gasteiger partial charge in [-0.2, -0.15) is 0 Å². The van der Waals surface area contributed by atoms with E-state index in [1.54, 1.807) is 0 Å². The van der Waals surface area contributed by atoms with Gasteiger partial charge in [-0.1, -0.05) is 90.1 Å². The Bertz CT molecular complexity index is 793. The van der Waals surface area contributed by atoms with Crippen LogP contribution in [0.3, 0.4) is 0 Å². The molecule has 0 aliphatic carbocycles. The molecular weight excluding hydrogens is 393 g/mol. The molecule has 0 aromatic heterocycles. The van der Waals surface area contributed by atoms with E-state index in [-0.39, 0.29) is 0 Å². The van der Waals surface area contributed by atoms with Crippen LogP contribution in [0.25, 0.3) is 21.9 Å². The summed E-state index contributed by atoms with van der Waals surface area (Å²) in [5, 5.41) is 2.65. The summed E-state index contributed by atoms with van der Waals surface area (Å²) < 4.78 is 0. The molecule has 0 N–H and O–H groups in total. The Morgan fingerprint density at radius 2 is 0.964 bits per heavy atom. The Hall–Kier alpha value is -0.790. The lowest BCUT2D eigenvalue weighted by atomic mass is 9.97. The molecule has 154 valence electrons. The van der Waals surface area contributed by atoms with E-state index in [2.05, 4.69) is 82.3 Å². The summed E-state index contributed by atoms with van der Waals surface area (Å²) in [5.41, 5.74) is 6.76. The van der Waals surface area contributed by atoms with Crippen LogP contribution in [-0.2, 0) is 18.5 Å². The van der Waals surface area contributed by atoms with Gasteiger partial charge in [0.25, 0.3) is 0 Å². The largest absolute Gasteiger partial charge is 0.133 e. The van der Waals surface area contributed by atoms with Gasteiger partial charge in [0.1, 0.15) is 0 Å². The van der Waals surface area contributed by atoms with Gasteiger partial charge in [0, 0.05) is 0 Å². The number of hydrogen-bond donors (Lipinski definition) is 0. The molecule has 3 heteroatoms. The fraction of sp³-hybridized carbons (Fsp3) is 0.360. The van der Waals surface area contributed by atoms with E-state index in [4.69, 9.17) is 0 Å². The fourth-order valence-corrected chi connectivity index (χ4v) is 3.82. The lowest BCUT2D eigenvalue weighted by Gasteiger charge is -2.10. The molecule has 3 aromatic rings. The van der Waals surface area contributed by atoms with Gasteiger partial charge in [-0.3, -0.25) is 0 Å². The second-order valence-corrected chi connectivity index (χ2v) is 6.72. The Morgan fingerprint density at radius 3 is 1.43 bits per heavy atom. The van der Waals surface area contributed by atoms with Gasteiger partial charge >= 0.3 is 0 Å². The van der Waals surface area contributed by atoms with Gasteiger partial charge in [-0.05, 0) is 63.1 Å². The summed E-state index contributed by atoms with van der Waals surface area (Å²) in [6, 6.07) is 20.3. The van der Waals surface area contributed by atoms with Crippen LogP contribution in [0, 0.1) is 0 Å². The summed E-state index contributed by atoms with van der Waals surface area (Å²) in [6.07, 6.45) is 3.03. The molecule has 0 nitrogen and oxygen atoms in total. The molecule has 28 heavy (non-hydrogen) atoms. The third-order valence-corrected chi connectivity index (χ3v) is 5.47. The zero-order chi connectivity index (χ0) is 21.5. The minimum atomic E-state index is 1.01. The molecule has 0 aliphatic heterocycles. The Kier molecular flexibility index (Phi) is 15.6. The lowest BCUT2D eigenvalue weighted by Crippen LogP contribution is -1.89. The Labute approximate surface area is 180 Å². The maximum atomic E-state index is 2.84. The number of hydrogen-bond acceptors (Lipinski definition) is 0. The number of benzene rings is 3. The predicted octanol–water partition coefficient (Wildman–Crippen LogP) is 8.71. The summed E-state index contributed by atoms with van der Waals surface area (Å²) >= 11 is 0. The molecule has 0 amide bonds. The average Bonchev–Trinajstić information content (AvgIpc) is 2.81. The van der Waals surface area contributed by atoms with Crippen LogP contribution in [-0.4, -0.2) is 0 Å². The summed E-state index contributed by atoms with van der Waals surface area (Å²) in [4.78, 5) is 0. The maximum Gasteiger partial charge on any atom is -0.0125 e. The normalized spacial score (nSPS) is 9.32. The molecule has 0 radical (unpaired) electrons. The zero-order valence-corrected chi connectivity index (χ0v) is 22.0. The molecular formula is C25H39P3. The summed E-state index contributed by atoms with van der Waals surface area (Å²) in [7, 11) is 8.45. The molecule has 3 rings (SSSR count). The maximum absolute atomic E-state index is 2.84. The molecule has 3 unspecified atom stereocenters. The van der Waals surface area contributed by atoms with Crippen LogP contribution < -0.4 is 0 Å². The first-order chi connectivity index (χ1) is 13.7. The van der Waals surface area contributed by atoms with Crippen molar-refractivity contribution in [3.63, 3.8) is 0 Å². The highest BCUT2D eigenvalue weighted by atomic mass is 31.0. The highest BCUT2D eigenvalue weighted by molar-refractivity contribution is 7.16. The molecule has 0 saturated heterocycles. The van der Waals surface area contributed by atoms with Gasteiger partial charge < -0.3 is 0 Å². The van der Waals surface area contributed by atoms with Crippen molar-refractivity contribution in [3.8, 4) is 11.1 Å². The second kappa shape index (κ2) is 16.1. The SMILES string of the molecule is CC.CC.CC.PCc1ccc(-c2ccc3cc(CP)c(CP)cc3c2)cc1. The minimum Gasteiger partial charge on any atom is -0.133 e. The third kappa shape index (κ3) is 7.56. The van der Waals surface area contributed by atoms with Gasteiger partial charge in [0.15, 0.2) is 0 Å². The second-order valence-electron chi connectivity index (χ2n) is 5.49. The van der Waals surface area contributed by atoms with E-state index < -0.39 is 0 Å². The van der Waals surface area contributed by atoms with Crippen LogP contribution in [0.5, 0.6) is 0 Å². The molecule has 0 fully saturated rings. The van der Waals surface area contributed by atoms with Crippen molar-refractivity contribution in [2.45, 2.75) is 60.0 Å². The first-order valence-corrected chi connectivity index (χ1v) is 12.9. The van der Waals surface area contributed by atoms with Crippen molar-refractivity contribution in [2.24, 2.45) is 0 Å². The van der Waals surface area contributed by atoms with E-state index in [1.165, 1.54) is 38.6 Å². The van der Waals surface area contributed by atoms with E-state index in [9.17, 15) is 0 Å². The minimum absolute atomic E-state index is 1.01. The van der Waals surface area contributed by atoms with E-state index in [1.807, 2.05) is 41.5 Å². The van der Waals surface area contributed by atoms with Crippen LogP contribution in [0.2, 0.25) is 0 Å². The standard InChI is InChI=1S/C19H21P3.3C2H6/c20-10-13-1-3-14(4-2-13)15-5-6-16-8-18(11-21)19(12-22)9-17(16)7-15;3*1-2/h1-9H,10-12,20-22H2;3*1-2H3. The van der Waals surface area contributed by atoms with Crippen LogP contribution in [0.4, 0.5) is 0 Å². The van der Waals surface area contributed by atoms with E-state index >= 15 is 0 Å². The van der Waals surface area contributed by atoms with Gasteiger partial charge in [-0.15, -0.1) is 27.7 Å². The smallest absolute Gasteiger partial charge is 0.0125 e. The zero-order valence-electron chi connectivity index (χ0n) is 18.5. The molecule has 0 saturated carbocycles. The van der Waals surface area contributed by atoms with Crippen molar-refractivity contribution in [1.82, 2.24) is 0 Å². The molecule has 0 heterocycles. The van der Waals surface area contributed by atoms with Crippen molar-refractivity contribution in [1.29, 1.82) is 0 Å². The molecule has 0 aliphatic rings. The van der Waals surface area contributed by atoms with Crippen LogP contribution >= 0.6 is 27.7 Å². The van der Waals surface area contributed by atoms with Crippen molar-refractivity contribution in [2.75, 3.05) is 0 Å². The highest BCUT2D eigenvalue weighted by Crippen LogP contribution is 2.29. The van der Waals surface area contributed by atoms with Crippen molar-refractivity contribution < 1.29 is 0 Å². The van der Waals surface area contributed by atoms with Crippen molar-refractivity contribution >= 4 is 38.5 Å². The molecule has 3 aromatic carbocycles. The summed E-state index contributed by atoms with van der Waals surface area (Å²) in [6.45, 7) is 12.0. The Morgan fingerprint density at radius 1 is 0.500 bits per heavy atom. The Balaban J connectivity index is 0.00000111. The first kappa shape index (κ1) is 27.2. The van der Waals surface area contributed by atoms with E-state index in [0.717, 1.165) is 18.5 Å². The molecule has 0 spiro atoms. The van der Waals surface area contributed by atoms with Gasteiger partial charge in [0.05, 0.1) is 0 Å². The molecule has 0 bridgehead atoms. The van der Waals surface area contributed by atoms with Crippen molar-refractivity contribution in [3.05, 3.63) is 71.3 Å². The first-order valence-electron chi connectivity index (χ1n) is 10.5. The van der Waals surface area contributed by atoms with Crippen LogP contribution in [0.15, 0.2) is 54.6 Å². The van der Waals surface area contributed by atoms with Gasteiger partial charge in [0.2, 0.25) is 0 Å². The number of rotatable bonds is 4.